The van der Waals surface area contributed by atoms with E-state index < -0.39 is 27.4 Å². The maximum atomic E-state index is 13.6. The van der Waals surface area contributed by atoms with Crippen LogP contribution in [0.5, 0.6) is 5.75 Å². The van der Waals surface area contributed by atoms with Gasteiger partial charge in [0.1, 0.15) is 11.6 Å². The quantitative estimate of drug-likeness (QED) is 0.723. The predicted octanol–water partition coefficient (Wildman–Crippen LogP) is 1.84. The van der Waals surface area contributed by atoms with Crippen molar-refractivity contribution >= 4 is 27.4 Å². The van der Waals surface area contributed by atoms with E-state index in [1.165, 1.54) is 12.1 Å². The van der Waals surface area contributed by atoms with E-state index in [4.69, 9.17) is 15.6 Å². The standard InChI is InChI=1S/C15H13FN2O5S/c16-9-5-11(15(19)20)14(17)12(6-9)18-24(21,22)10-2-1-8-3-4-23-13(8)7-10/h1-2,5-7,18H,3-4,17H2,(H,19,20). The van der Waals surface area contributed by atoms with Crippen LogP contribution in [0, 0.1) is 5.82 Å². The molecule has 9 heteroatoms. The van der Waals surface area contributed by atoms with Crippen molar-refractivity contribution in [1.29, 1.82) is 0 Å². The summed E-state index contributed by atoms with van der Waals surface area (Å²) in [5.74, 6) is -1.91. The minimum Gasteiger partial charge on any atom is -0.493 e. The highest BCUT2D eigenvalue weighted by Gasteiger charge is 2.22. The number of nitrogen functional groups attached to an aromatic ring is 1. The summed E-state index contributed by atoms with van der Waals surface area (Å²) in [5, 5.41) is 9.00. The van der Waals surface area contributed by atoms with Crippen molar-refractivity contribution in [1.82, 2.24) is 0 Å². The van der Waals surface area contributed by atoms with E-state index in [0.717, 1.165) is 17.7 Å². The van der Waals surface area contributed by atoms with Gasteiger partial charge in [0.2, 0.25) is 0 Å². The number of nitrogens with two attached hydrogens (primary N) is 1. The van der Waals surface area contributed by atoms with Crippen molar-refractivity contribution in [2.24, 2.45) is 0 Å². The number of nitrogens with one attached hydrogen (secondary N) is 1. The van der Waals surface area contributed by atoms with Crippen LogP contribution < -0.4 is 15.2 Å². The molecule has 0 saturated heterocycles. The second-order valence-corrected chi connectivity index (χ2v) is 6.88. The lowest BCUT2D eigenvalue weighted by Crippen LogP contribution is -2.16. The molecule has 0 fully saturated rings. The Morgan fingerprint density at radius 1 is 1.29 bits per heavy atom. The number of fused-ring (bicyclic) bond motifs is 1. The van der Waals surface area contributed by atoms with Crippen LogP contribution >= 0.6 is 0 Å². The number of ether oxygens (including phenoxy) is 1. The Bertz CT molecular complexity index is 943. The van der Waals surface area contributed by atoms with E-state index >= 15 is 0 Å². The van der Waals surface area contributed by atoms with E-state index in [1.807, 2.05) is 0 Å². The Morgan fingerprint density at radius 2 is 2.04 bits per heavy atom. The van der Waals surface area contributed by atoms with E-state index in [1.54, 1.807) is 6.07 Å². The summed E-state index contributed by atoms with van der Waals surface area (Å²) in [4.78, 5) is 11.0. The molecule has 0 amide bonds. The first-order chi connectivity index (χ1) is 11.3. The highest BCUT2D eigenvalue weighted by atomic mass is 32.2. The SMILES string of the molecule is Nc1c(NS(=O)(=O)c2ccc3c(c2)OCC3)cc(F)cc1C(=O)O. The van der Waals surface area contributed by atoms with Crippen LogP contribution in [0.2, 0.25) is 0 Å². The molecule has 1 heterocycles. The van der Waals surface area contributed by atoms with Crippen LogP contribution in [0.25, 0.3) is 0 Å². The summed E-state index contributed by atoms with van der Waals surface area (Å²) in [5.41, 5.74) is 5.29. The summed E-state index contributed by atoms with van der Waals surface area (Å²) in [6.45, 7) is 0.477. The third-order valence-electron chi connectivity index (χ3n) is 3.60. The van der Waals surface area contributed by atoms with Crippen LogP contribution in [0.1, 0.15) is 15.9 Å². The predicted molar refractivity (Wildman–Crippen MR) is 84.2 cm³/mol. The van der Waals surface area contributed by atoms with Crippen molar-refractivity contribution in [3.05, 3.63) is 47.3 Å². The molecular formula is C15H13FN2O5S. The first kappa shape index (κ1) is 16.1. The van der Waals surface area contributed by atoms with Gasteiger partial charge in [-0.15, -0.1) is 0 Å². The van der Waals surface area contributed by atoms with Crippen LogP contribution in [0.3, 0.4) is 0 Å². The average molecular weight is 352 g/mol. The molecule has 0 radical (unpaired) electrons. The molecule has 2 aromatic rings. The molecule has 0 unspecified atom stereocenters. The van der Waals surface area contributed by atoms with Crippen LogP contribution in [0.15, 0.2) is 35.2 Å². The Hall–Kier alpha value is -2.81. The third kappa shape index (κ3) is 2.85. The van der Waals surface area contributed by atoms with Crippen molar-refractivity contribution in [2.75, 3.05) is 17.1 Å². The van der Waals surface area contributed by atoms with Crippen molar-refractivity contribution in [3.63, 3.8) is 0 Å². The lowest BCUT2D eigenvalue weighted by atomic mass is 10.1. The minimum atomic E-state index is -4.09. The molecule has 4 N–H and O–H groups in total. The summed E-state index contributed by atoms with van der Waals surface area (Å²) in [6, 6.07) is 5.93. The second-order valence-electron chi connectivity index (χ2n) is 5.19. The van der Waals surface area contributed by atoms with Gasteiger partial charge in [0.05, 0.1) is 28.4 Å². The summed E-state index contributed by atoms with van der Waals surface area (Å²) in [7, 11) is -4.09. The molecule has 1 aliphatic heterocycles. The number of anilines is 2. The van der Waals surface area contributed by atoms with Crippen LogP contribution in [-0.4, -0.2) is 26.1 Å². The molecule has 7 nitrogen and oxygen atoms in total. The van der Waals surface area contributed by atoms with Gasteiger partial charge in [0.25, 0.3) is 10.0 Å². The zero-order valence-electron chi connectivity index (χ0n) is 12.2. The largest absolute Gasteiger partial charge is 0.493 e. The van der Waals surface area contributed by atoms with Gasteiger partial charge in [0.15, 0.2) is 0 Å². The lowest BCUT2D eigenvalue weighted by Gasteiger charge is -2.13. The fraction of sp³-hybridized carbons (Fsp3) is 0.133. The maximum Gasteiger partial charge on any atom is 0.337 e. The molecule has 0 aliphatic carbocycles. The lowest BCUT2D eigenvalue weighted by molar-refractivity contribution is 0.0697. The smallest absolute Gasteiger partial charge is 0.337 e. The van der Waals surface area contributed by atoms with Crippen LogP contribution in [0.4, 0.5) is 15.8 Å². The first-order valence-electron chi connectivity index (χ1n) is 6.89. The van der Waals surface area contributed by atoms with Crippen molar-refractivity contribution < 1.29 is 27.4 Å². The second kappa shape index (κ2) is 5.68. The Morgan fingerprint density at radius 3 is 2.75 bits per heavy atom. The third-order valence-corrected chi connectivity index (χ3v) is 4.96. The Kier molecular flexibility index (Phi) is 3.80. The van der Waals surface area contributed by atoms with Crippen molar-refractivity contribution in [2.45, 2.75) is 11.3 Å². The number of sulfonamides is 1. The first-order valence-corrected chi connectivity index (χ1v) is 8.37. The zero-order valence-corrected chi connectivity index (χ0v) is 13.1. The van der Waals surface area contributed by atoms with Gasteiger partial charge < -0.3 is 15.6 Å². The molecule has 0 atom stereocenters. The molecule has 0 bridgehead atoms. The fourth-order valence-electron chi connectivity index (χ4n) is 2.40. The number of halogens is 1. The topological polar surface area (TPSA) is 119 Å². The molecule has 0 aromatic heterocycles. The van der Waals surface area contributed by atoms with Gasteiger partial charge in [0, 0.05) is 18.6 Å². The van der Waals surface area contributed by atoms with E-state index in [9.17, 15) is 17.6 Å². The highest BCUT2D eigenvalue weighted by molar-refractivity contribution is 7.92. The summed E-state index contributed by atoms with van der Waals surface area (Å²) >= 11 is 0. The highest BCUT2D eigenvalue weighted by Crippen LogP contribution is 2.31. The fourth-order valence-corrected chi connectivity index (χ4v) is 3.48. The molecule has 24 heavy (non-hydrogen) atoms. The number of aromatic carboxylic acids is 1. The Balaban J connectivity index is 2.00. The number of hydrogen-bond acceptors (Lipinski definition) is 5. The number of hydrogen-bond donors (Lipinski definition) is 3. The molecule has 2 aromatic carbocycles. The Labute approximate surface area is 136 Å². The van der Waals surface area contributed by atoms with Gasteiger partial charge >= 0.3 is 5.97 Å². The normalized spacial score (nSPS) is 13.2. The van der Waals surface area contributed by atoms with E-state index in [2.05, 4.69) is 4.72 Å². The molecular weight excluding hydrogens is 339 g/mol. The molecule has 1 aliphatic rings. The number of carbonyl (C=O) groups is 1. The number of rotatable bonds is 4. The van der Waals surface area contributed by atoms with Gasteiger partial charge in [-0.25, -0.2) is 17.6 Å². The van der Waals surface area contributed by atoms with E-state index in [0.29, 0.717) is 18.8 Å². The maximum absolute atomic E-state index is 13.6. The molecule has 0 saturated carbocycles. The number of benzene rings is 2. The van der Waals surface area contributed by atoms with Gasteiger partial charge in [-0.05, 0) is 17.7 Å². The monoisotopic (exact) mass is 352 g/mol. The average Bonchev–Trinajstić information content (AvgIpc) is 2.97. The van der Waals surface area contributed by atoms with Gasteiger partial charge in [-0.2, -0.15) is 0 Å². The molecule has 126 valence electrons. The van der Waals surface area contributed by atoms with E-state index in [-0.39, 0.29) is 16.3 Å². The zero-order chi connectivity index (χ0) is 17.5. The number of carboxylic acid groups (broad SMARTS) is 1. The number of carboxylic acids is 1. The van der Waals surface area contributed by atoms with Gasteiger partial charge in [-0.3, -0.25) is 4.72 Å². The van der Waals surface area contributed by atoms with Crippen molar-refractivity contribution in [3.8, 4) is 5.75 Å². The van der Waals surface area contributed by atoms with Gasteiger partial charge in [-0.1, -0.05) is 6.07 Å². The summed E-state index contributed by atoms with van der Waals surface area (Å²) in [6.07, 6.45) is 0.696. The minimum absolute atomic E-state index is 0.0938. The molecule has 3 rings (SSSR count). The summed E-state index contributed by atoms with van der Waals surface area (Å²) < 4.78 is 45.9. The molecule has 0 spiro atoms. The van der Waals surface area contributed by atoms with Crippen LogP contribution in [-0.2, 0) is 16.4 Å².